The van der Waals surface area contributed by atoms with Gasteiger partial charge in [0.15, 0.2) is 11.5 Å². The molecule has 0 bridgehead atoms. The van der Waals surface area contributed by atoms with E-state index in [1.165, 1.54) is 19.3 Å². The van der Waals surface area contributed by atoms with Crippen LogP contribution in [0.15, 0.2) is 18.2 Å². The second kappa shape index (κ2) is 9.16. The monoisotopic (exact) mass is 394 g/mol. The van der Waals surface area contributed by atoms with E-state index in [9.17, 15) is 4.79 Å². The van der Waals surface area contributed by atoms with Gasteiger partial charge in [0.1, 0.15) is 0 Å². The van der Waals surface area contributed by atoms with Crippen LogP contribution in [0, 0.1) is 5.92 Å². The fraction of sp³-hybridized carbons (Fsp3) is 0.667. The number of nitrogens with zero attached hydrogens (tertiary/aromatic N) is 1. The van der Waals surface area contributed by atoms with Crippen molar-refractivity contribution in [2.45, 2.75) is 76.4 Å². The highest BCUT2D eigenvalue weighted by atomic mass is 35.5. The zero-order chi connectivity index (χ0) is 17.9. The molecule has 2 saturated carbocycles. The average Bonchev–Trinajstić information content (AvgIpc) is 3.14. The van der Waals surface area contributed by atoms with E-state index >= 15 is 0 Å². The molecule has 3 aliphatic rings. The van der Waals surface area contributed by atoms with E-state index in [2.05, 4.69) is 11.0 Å². The first kappa shape index (κ1) is 20.3. The molecule has 0 saturated heterocycles. The molecular formula is C21H31ClN2O3. The van der Waals surface area contributed by atoms with Gasteiger partial charge in [0, 0.05) is 24.5 Å². The number of hydrogen-bond acceptors (Lipinski definition) is 4. The molecule has 2 fully saturated rings. The van der Waals surface area contributed by atoms with E-state index in [4.69, 9.17) is 15.2 Å². The minimum Gasteiger partial charge on any atom is -0.454 e. The summed E-state index contributed by atoms with van der Waals surface area (Å²) in [6.45, 7) is 0.940. The summed E-state index contributed by atoms with van der Waals surface area (Å²) in [7, 11) is 0. The van der Waals surface area contributed by atoms with Gasteiger partial charge in [-0.15, -0.1) is 12.4 Å². The smallest absolute Gasteiger partial charge is 0.231 e. The Hall–Kier alpha value is -1.46. The Morgan fingerprint density at radius 3 is 2.59 bits per heavy atom. The Bertz CT molecular complexity index is 648. The van der Waals surface area contributed by atoms with Crippen molar-refractivity contribution in [2.75, 3.05) is 6.79 Å². The lowest BCUT2D eigenvalue weighted by molar-refractivity contribution is -0.140. The number of hydrogen-bond donors (Lipinski definition) is 1. The van der Waals surface area contributed by atoms with Crippen molar-refractivity contribution in [1.82, 2.24) is 4.90 Å². The van der Waals surface area contributed by atoms with Crippen LogP contribution >= 0.6 is 12.4 Å². The number of carbonyl (C=O) groups is 1. The van der Waals surface area contributed by atoms with Gasteiger partial charge in [0.05, 0.1) is 0 Å². The van der Waals surface area contributed by atoms with Crippen LogP contribution in [0.3, 0.4) is 0 Å². The zero-order valence-corrected chi connectivity index (χ0v) is 16.7. The van der Waals surface area contributed by atoms with Gasteiger partial charge in [-0.1, -0.05) is 31.7 Å². The summed E-state index contributed by atoms with van der Waals surface area (Å²) < 4.78 is 10.9. The molecule has 1 aromatic rings. The average molecular weight is 395 g/mol. The number of benzene rings is 1. The topological polar surface area (TPSA) is 64.8 Å². The first-order chi connectivity index (χ1) is 12.7. The first-order valence-electron chi connectivity index (χ1n) is 10.2. The molecule has 2 N–H and O–H groups in total. The van der Waals surface area contributed by atoms with Crippen molar-refractivity contribution in [2.24, 2.45) is 11.7 Å². The number of ether oxygens (including phenoxy) is 2. The van der Waals surface area contributed by atoms with Crippen LogP contribution < -0.4 is 15.2 Å². The van der Waals surface area contributed by atoms with Crippen LogP contribution in [0.2, 0.25) is 0 Å². The summed E-state index contributed by atoms with van der Waals surface area (Å²) in [6, 6.07) is 6.58. The Morgan fingerprint density at radius 1 is 1.04 bits per heavy atom. The van der Waals surface area contributed by atoms with Crippen molar-refractivity contribution in [3.8, 4) is 11.5 Å². The summed E-state index contributed by atoms with van der Waals surface area (Å²) in [6.07, 6.45) is 9.91. The molecule has 4 rings (SSSR count). The number of halogens is 1. The Morgan fingerprint density at radius 2 is 1.81 bits per heavy atom. The van der Waals surface area contributed by atoms with Gasteiger partial charge in [-0.05, 0) is 49.8 Å². The van der Waals surface area contributed by atoms with Crippen molar-refractivity contribution in [3.05, 3.63) is 23.8 Å². The standard InChI is InChI=1S/C21H30N2O3.ClH/c22-17-6-4-5-16(12-17)21(24)23(18-7-2-1-3-8-18)13-15-9-10-19-20(11-15)26-14-25-19;/h9-11,16-18H,1-8,12-14,22H2;1H. The highest BCUT2D eigenvalue weighted by molar-refractivity contribution is 5.85. The predicted octanol–water partition coefficient (Wildman–Crippen LogP) is 4.02. The fourth-order valence-electron chi connectivity index (χ4n) is 4.70. The van der Waals surface area contributed by atoms with Gasteiger partial charge in [0.2, 0.25) is 12.7 Å². The van der Waals surface area contributed by atoms with Crippen LogP contribution in [0.4, 0.5) is 0 Å². The summed E-state index contributed by atoms with van der Waals surface area (Å²) in [5.74, 6) is 1.99. The van der Waals surface area contributed by atoms with Gasteiger partial charge < -0.3 is 20.1 Å². The van der Waals surface area contributed by atoms with Gasteiger partial charge in [-0.3, -0.25) is 4.79 Å². The molecule has 1 heterocycles. The number of nitrogens with two attached hydrogens (primary N) is 1. The molecule has 0 aromatic heterocycles. The molecule has 2 unspecified atom stereocenters. The van der Waals surface area contributed by atoms with Crippen molar-refractivity contribution >= 4 is 18.3 Å². The van der Waals surface area contributed by atoms with Gasteiger partial charge in [-0.25, -0.2) is 0 Å². The SMILES string of the molecule is Cl.NC1CCCC(C(=O)N(Cc2ccc3c(c2)OCO3)C2CCCCC2)C1. The number of fused-ring (bicyclic) bond motifs is 1. The fourth-order valence-corrected chi connectivity index (χ4v) is 4.70. The molecule has 150 valence electrons. The molecule has 6 heteroatoms. The summed E-state index contributed by atoms with van der Waals surface area (Å²) in [5, 5.41) is 0. The number of rotatable bonds is 4. The molecule has 1 amide bonds. The molecule has 27 heavy (non-hydrogen) atoms. The maximum atomic E-state index is 13.4. The molecule has 0 spiro atoms. The van der Waals surface area contributed by atoms with E-state index in [1.54, 1.807) is 0 Å². The van der Waals surface area contributed by atoms with Crippen LogP contribution in [0.5, 0.6) is 11.5 Å². The molecule has 2 aliphatic carbocycles. The van der Waals surface area contributed by atoms with Gasteiger partial charge >= 0.3 is 0 Å². The summed E-state index contributed by atoms with van der Waals surface area (Å²) >= 11 is 0. The molecule has 1 aromatic carbocycles. The third kappa shape index (κ3) is 4.69. The molecule has 5 nitrogen and oxygen atoms in total. The minimum atomic E-state index is 0. The lowest BCUT2D eigenvalue weighted by Crippen LogP contribution is -2.46. The maximum Gasteiger partial charge on any atom is 0.231 e. The number of amides is 1. The van der Waals surface area contributed by atoms with Crippen LogP contribution in [-0.2, 0) is 11.3 Å². The second-order valence-electron chi connectivity index (χ2n) is 8.07. The Labute approximate surface area is 168 Å². The van der Waals surface area contributed by atoms with Crippen molar-refractivity contribution in [3.63, 3.8) is 0 Å². The van der Waals surface area contributed by atoms with Crippen molar-refractivity contribution < 1.29 is 14.3 Å². The van der Waals surface area contributed by atoms with Crippen LogP contribution in [-0.4, -0.2) is 29.7 Å². The minimum absolute atomic E-state index is 0. The first-order valence-corrected chi connectivity index (χ1v) is 10.2. The highest BCUT2D eigenvalue weighted by Gasteiger charge is 2.33. The molecule has 1 aliphatic heterocycles. The Balaban J connectivity index is 0.00000210. The summed E-state index contributed by atoms with van der Waals surface area (Å²) in [4.78, 5) is 15.5. The second-order valence-corrected chi connectivity index (χ2v) is 8.07. The lowest BCUT2D eigenvalue weighted by Gasteiger charge is -2.38. The molecule has 2 atom stereocenters. The normalized spacial score (nSPS) is 24.9. The zero-order valence-electron chi connectivity index (χ0n) is 15.9. The van der Waals surface area contributed by atoms with Gasteiger partial charge in [0.25, 0.3) is 0 Å². The maximum absolute atomic E-state index is 13.4. The van der Waals surface area contributed by atoms with E-state index < -0.39 is 0 Å². The molecule has 0 radical (unpaired) electrons. The quantitative estimate of drug-likeness (QED) is 0.837. The van der Waals surface area contributed by atoms with E-state index in [1.807, 2.05) is 12.1 Å². The third-order valence-electron chi connectivity index (χ3n) is 6.15. The van der Waals surface area contributed by atoms with Crippen LogP contribution in [0.1, 0.15) is 63.4 Å². The van der Waals surface area contributed by atoms with E-state index in [0.717, 1.165) is 55.6 Å². The highest BCUT2D eigenvalue weighted by Crippen LogP contribution is 2.34. The summed E-state index contributed by atoms with van der Waals surface area (Å²) in [5.41, 5.74) is 7.27. The predicted molar refractivity (Wildman–Crippen MR) is 107 cm³/mol. The largest absolute Gasteiger partial charge is 0.454 e. The van der Waals surface area contributed by atoms with Gasteiger partial charge in [-0.2, -0.15) is 0 Å². The molecular weight excluding hydrogens is 364 g/mol. The Kier molecular flexibility index (Phi) is 6.88. The van der Waals surface area contributed by atoms with E-state index in [0.29, 0.717) is 18.5 Å². The van der Waals surface area contributed by atoms with Crippen LogP contribution in [0.25, 0.3) is 0 Å². The number of carbonyl (C=O) groups excluding carboxylic acids is 1. The van der Waals surface area contributed by atoms with E-state index in [-0.39, 0.29) is 31.2 Å². The third-order valence-corrected chi connectivity index (χ3v) is 6.15. The van der Waals surface area contributed by atoms with Crippen molar-refractivity contribution in [1.29, 1.82) is 0 Å². The lowest BCUT2D eigenvalue weighted by atomic mass is 9.84.